The zero-order valence-electron chi connectivity index (χ0n) is 14.3. The third kappa shape index (κ3) is 5.76. The van der Waals surface area contributed by atoms with Gasteiger partial charge in [-0.15, -0.1) is 12.4 Å². The van der Waals surface area contributed by atoms with Crippen LogP contribution >= 0.6 is 12.4 Å². The number of carbonyl (C=O) groups is 1. The topological polar surface area (TPSA) is 55.6 Å². The van der Waals surface area contributed by atoms with Gasteiger partial charge in [-0.3, -0.25) is 4.79 Å². The van der Waals surface area contributed by atoms with Gasteiger partial charge in [0.05, 0.1) is 12.5 Å². The second kappa shape index (κ2) is 9.44. The molecule has 1 unspecified atom stereocenters. The molecule has 4 nitrogen and oxygen atoms in total. The second-order valence-electron chi connectivity index (χ2n) is 6.31. The zero-order valence-corrected chi connectivity index (χ0v) is 15.1. The van der Waals surface area contributed by atoms with Gasteiger partial charge in [0, 0.05) is 25.4 Å². The highest BCUT2D eigenvalue weighted by Gasteiger charge is 2.22. The van der Waals surface area contributed by atoms with Crippen molar-refractivity contribution < 1.29 is 9.53 Å². The summed E-state index contributed by atoms with van der Waals surface area (Å²) in [6.07, 6.45) is 2.65. The number of nitrogens with zero attached hydrogens (tertiary/aromatic N) is 1. The summed E-state index contributed by atoms with van der Waals surface area (Å²) < 4.78 is 5.73. The molecule has 0 radical (unpaired) electrons. The first-order valence-electron chi connectivity index (χ1n) is 8.48. The maximum Gasteiger partial charge on any atom is 0.227 e. The van der Waals surface area contributed by atoms with Crippen molar-refractivity contribution in [2.75, 3.05) is 18.9 Å². The van der Waals surface area contributed by atoms with Crippen LogP contribution < -0.4 is 5.73 Å². The summed E-state index contributed by atoms with van der Waals surface area (Å²) in [7, 11) is 0. The highest BCUT2D eigenvalue weighted by Crippen LogP contribution is 2.16. The number of hydrogen-bond acceptors (Lipinski definition) is 3. The predicted octanol–water partition coefficient (Wildman–Crippen LogP) is 3.44. The highest BCUT2D eigenvalue weighted by molar-refractivity contribution is 5.85. The van der Waals surface area contributed by atoms with Crippen LogP contribution in [-0.4, -0.2) is 30.1 Å². The second-order valence-corrected chi connectivity index (χ2v) is 6.31. The van der Waals surface area contributed by atoms with E-state index >= 15 is 0 Å². The smallest absolute Gasteiger partial charge is 0.227 e. The fourth-order valence-corrected chi connectivity index (χ4v) is 3.01. The number of rotatable bonds is 6. The molecule has 0 aliphatic carbocycles. The van der Waals surface area contributed by atoms with Crippen LogP contribution in [0.1, 0.15) is 24.0 Å². The van der Waals surface area contributed by atoms with Crippen molar-refractivity contribution in [2.45, 2.75) is 31.9 Å². The van der Waals surface area contributed by atoms with Crippen molar-refractivity contribution >= 4 is 24.0 Å². The Morgan fingerprint density at radius 2 is 1.80 bits per heavy atom. The predicted molar refractivity (Wildman–Crippen MR) is 103 cm³/mol. The van der Waals surface area contributed by atoms with Crippen LogP contribution in [0.5, 0.6) is 0 Å². The molecule has 1 aliphatic rings. The molecular weight excluding hydrogens is 336 g/mol. The number of nitrogen functional groups attached to an aromatic ring is 1. The summed E-state index contributed by atoms with van der Waals surface area (Å²) in [5.74, 6) is 0.124. The first-order chi connectivity index (χ1) is 11.7. The maximum atomic E-state index is 12.8. The van der Waals surface area contributed by atoms with E-state index in [-0.39, 0.29) is 24.4 Å². The van der Waals surface area contributed by atoms with Crippen molar-refractivity contribution in [1.82, 2.24) is 4.90 Å². The van der Waals surface area contributed by atoms with E-state index in [4.69, 9.17) is 10.5 Å². The fraction of sp³-hybridized carbons (Fsp3) is 0.350. The van der Waals surface area contributed by atoms with Crippen LogP contribution in [0.15, 0.2) is 54.6 Å². The van der Waals surface area contributed by atoms with Crippen LogP contribution in [0.25, 0.3) is 0 Å². The summed E-state index contributed by atoms with van der Waals surface area (Å²) in [4.78, 5) is 14.7. The zero-order chi connectivity index (χ0) is 16.8. The molecule has 5 heteroatoms. The molecule has 0 spiro atoms. The molecule has 1 heterocycles. The molecule has 1 atom stereocenters. The molecule has 0 saturated carbocycles. The standard InChI is InChI=1S/C20H24N2O2.ClH/c21-18-10-8-16(9-11-18)13-20(23)22(15-19-7-4-12-24-19)14-17-5-2-1-3-6-17;/h1-3,5-6,8-11,19H,4,7,12-15,21H2;1H. The number of benzene rings is 2. The Morgan fingerprint density at radius 1 is 1.08 bits per heavy atom. The van der Waals surface area contributed by atoms with Crippen molar-refractivity contribution in [3.8, 4) is 0 Å². The summed E-state index contributed by atoms with van der Waals surface area (Å²) in [6.45, 7) is 2.08. The van der Waals surface area contributed by atoms with Crippen molar-refractivity contribution in [3.05, 3.63) is 65.7 Å². The van der Waals surface area contributed by atoms with E-state index in [0.29, 0.717) is 25.2 Å². The number of hydrogen-bond donors (Lipinski definition) is 1. The van der Waals surface area contributed by atoms with Gasteiger partial charge in [-0.1, -0.05) is 42.5 Å². The van der Waals surface area contributed by atoms with Crippen molar-refractivity contribution in [1.29, 1.82) is 0 Å². The van der Waals surface area contributed by atoms with Crippen LogP contribution in [0.3, 0.4) is 0 Å². The molecule has 2 aromatic rings. The van der Waals surface area contributed by atoms with E-state index in [1.54, 1.807) is 0 Å². The van der Waals surface area contributed by atoms with E-state index in [1.807, 2.05) is 47.4 Å². The minimum Gasteiger partial charge on any atom is -0.399 e. The molecule has 2 N–H and O–H groups in total. The number of carbonyl (C=O) groups excluding carboxylic acids is 1. The Bertz CT molecular complexity index is 655. The normalized spacial score (nSPS) is 16.2. The van der Waals surface area contributed by atoms with E-state index in [2.05, 4.69) is 12.1 Å². The molecule has 3 rings (SSSR count). The van der Waals surface area contributed by atoms with Crippen LogP contribution in [-0.2, 0) is 22.5 Å². The van der Waals surface area contributed by atoms with Gasteiger partial charge in [0.15, 0.2) is 0 Å². The quantitative estimate of drug-likeness (QED) is 0.803. The van der Waals surface area contributed by atoms with Gasteiger partial charge >= 0.3 is 0 Å². The fourth-order valence-electron chi connectivity index (χ4n) is 3.01. The molecule has 134 valence electrons. The lowest BCUT2D eigenvalue weighted by molar-refractivity contribution is -0.132. The van der Waals surface area contributed by atoms with Crippen LogP contribution in [0.2, 0.25) is 0 Å². The summed E-state index contributed by atoms with van der Waals surface area (Å²) in [5.41, 5.74) is 8.56. The van der Waals surface area contributed by atoms with E-state index in [0.717, 1.165) is 30.6 Å². The van der Waals surface area contributed by atoms with E-state index < -0.39 is 0 Å². The Morgan fingerprint density at radius 3 is 2.44 bits per heavy atom. The first kappa shape index (κ1) is 19.3. The lowest BCUT2D eigenvalue weighted by Crippen LogP contribution is -2.37. The number of ether oxygens (including phenoxy) is 1. The lowest BCUT2D eigenvalue weighted by atomic mass is 10.1. The molecule has 1 saturated heterocycles. The lowest BCUT2D eigenvalue weighted by Gasteiger charge is -2.26. The Hall–Kier alpha value is -2.04. The summed E-state index contributed by atoms with van der Waals surface area (Å²) >= 11 is 0. The van der Waals surface area contributed by atoms with Gasteiger partial charge in [-0.05, 0) is 36.1 Å². The number of amides is 1. The van der Waals surface area contributed by atoms with Gasteiger partial charge < -0.3 is 15.4 Å². The number of anilines is 1. The monoisotopic (exact) mass is 360 g/mol. The maximum absolute atomic E-state index is 12.8. The third-order valence-electron chi connectivity index (χ3n) is 4.35. The van der Waals surface area contributed by atoms with Gasteiger partial charge in [0.1, 0.15) is 0 Å². The van der Waals surface area contributed by atoms with E-state index in [9.17, 15) is 4.79 Å². The number of nitrogens with two attached hydrogens (primary N) is 1. The van der Waals surface area contributed by atoms with Gasteiger partial charge in [0.2, 0.25) is 5.91 Å². The Kier molecular flexibility index (Phi) is 7.29. The Labute approximate surface area is 155 Å². The molecule has 1 amide bonds. The average molecular weight is 361 g/mol. The molecule has 2 aromatic carbocycles. The summed E-state index contributed by atoms with van der Waals surface area (Å²) in [5, 5.41) is 0. The molecule has 0 aromatic heterocycles. The molecular formula is C20H25ClN2O2. The first-order valence-corrected chi connectivity index (χ1v) is 8.48. The van der Waals surface area contributed by atoms with Gasteiger partial charge in [0.25, 0.3) is 0 Å². The molecule has 0 bridgehead atoms. The van der Waals surface area contributed by atoms with Crippen molar-refractivity contribution in [2.24, 2.45) is 0 Å². The van der Waals surface area contributed by atoms with E-state index in [1.165, 1.54) is 0 Å². The third-order valence-corrected chi connectivity index (χ3v) is 4.35. The average Bonchev–Trinajstić information content (AvgIpc) is 3.10. The van der Waals surface area contributed by atoms with Gasteiger partial charge in [-0.2, -0.15) is 0 Å². The minimum atomic E-state index is 0. The van der Waals surface area contributed by atoms with Gasteiger partial charge in [-0.25, -0.2) is 0 Å². The van der Waals surface area contributed by atoms with Crippen molar-refractivity contribution in [3.63, 3.8) is 0 Å². The molecule has 25 heavy (non-hydrogen) atoms. The number of halogens is 1. The molecule has 1 aliphatic heterocycles. The molecule has 1 fully saturated rings. The van der Waals surface area contributed by atoms with Crippen LogP contribution in [0, 0.1) is 0 Å². The highest BCUT2D eigenvalue weighted by atomic mass is 35.5. The summed E-state index contributed by atoms with van der Waals surface area (Å²) in [6, 6.07) is 17.6. The largest absolute Gasteiger partial charge is 0.399 e. The minimum absolute atomic E-state index is 0. The SMILES string of the molecule is Cl.Nc1ccc(CC(=O)N(Cc2ccccc2)CC2CCCO2)cc1. The van der Waals surface area contributed by atoms with Crippen LogP contribution in [0.4, 0.5) is 5.69 Å². The Balaban J connectivity index is 0.00000225.